The Bertz CT molecular complexity index is 697. The fourth-order valence-electron chi connectivity index (χ4n) is 3.69. The van der Waals surface area contributed by atoms with Gasteiger partial charge in [0.15, 0.2) is 0 Å². The number of H-pyrrole nitrogens is 1. The number of rotatable bonds is 3. The number of aromatic nitrogens is 2. The number of hydrogen-bond donors (Lipinski definition) is 2. The molecule has 2 amide bonds. The molecule has 25 heavy (non-hydrogen) atoms. The Kier molecular flexibility index (Phi) is 5.33. The molecule has 1 aliphatic heterocycles. The summed E-state index contributed by atoms with van der Waals surface area (Å²) < 4.78 is 27.1. The number of aryl methyl sites for hydroxylation is 2. The highest BCUT2D eigenvalue weighted by molar-refractivity contribution is 7.89. The minimum absolute atomic E-state index is 0.0698. The van der Waals surface area contributed by atoms with Crippen LogP contribution in [0.4, 0.5) is 4.79 Å². The van der Waals surface area contributed by atoms with E-state index in [4.69, 9.17) is 0 Å². The molecule has 1 saturated carbocycles. The Morgan fingerprint density at radius 1 is 1.12 bits per heavy atom. The van der Waals surface area contributed by atoms with Gasteiger partial charge in [-0.25, -0.2) is 13.2 Å². The average Bonchev–Trinajstić information content (AvgIpc) is 2.95. The van der Waals surface area contributed by atoms with Gasteiger partial charge in [-0.15, -0.1) is 0 Å². The van der Waals surface area contributed by atoms with Crippen LogP contribution >= 0.6 is 0 Å². The van der Waals surface area contributed by atoms with Crippen LogP contribution in [-0.2, 0) is 10.0 Å². The fourth-order valence-corrected chi connectivity index (χ4v) is 5.45. The minimum atomic E-state index is -3.58. The zero-order chi connectivity index (χ0) is 18.0. The summed E-state index contributed by atoms with van der Waals surface area (Å²) in [5.74, 6) is 0. The number of nitrogens with zero attached hydrogens (tertiary/aromatic N) is 3. The maximum absolute atomic E-state index is 12.8. The summed E-state index contributed by atoms with van der Waals surface area (Å²) in [6, 6.07) is 0.193. The minimum Gasteiger partial charge on any atom is -0.335 e. The molecule has 0 atom stereocenters. The second-order valence-corrected chi connectivity index (χ2v) is 8.81. The van der Waals surface area contributed by atoms with Crippen molar-refractivity contribution in [2.45, 2.75) is 56.9 Å². The maximum Gasteiger partial charge on any atom is 0.317 e. The normalized spacial score (nSPS) is 20.6. The van der Waals surface area contributed by atoms with E-state index < -0.39 is 10.0 Å². The van der Waals surface area contributed by atoms with Crippen LogP contribution in [0.2, 0.25) is 0 Å². The average molecular weight is 369 g/mol. The van der Waals surface area contributed by atoms with Gasteiger partial charge in [0, 0.05) is 32.2 Å². The highest BCUT2D eigenvalue weighted by Gasteiger charge is 2.33. The SMILES string of the molecule is Cc1n[nH]c(C)c1S(=O)(=O)N1CCN(C(=O)NC2CCCCC2)CC1. The van der Waals surface area contributed by atoms with E-state index in [1.165, 1.54) is 23.6 Å². The third-order valence-corrected chi connectivity index (χ3v) is 7.28. The van der Waals surface area contributed by atoms with Crippen LogP contribution in [0.25, 0.3) is 0 Å². The lowest BCUT2D eigenvalue weighted by atomic mass is 9.96. The Balaban J connectivity index is 1.59. The van der Waals surface area contributed by atoms with Gasteiger partial charge in [0.2, 0.25) is 10.0 Å². The molecule has 1 aromatic rings. The van der Waals surface area contributed by atoms with Gasteiger partial charge in [0.25, 0.3) is 0 Å². The van der Waals surface area contributed by atoms with Crippen LogP contribution in [0.5, 0.6) is 0 Å². The molecular formula is C16H27N5O3S. The van der Waals surface area contributed by atoms with Gasteiger partial charge in [0.1, 0.15) is 4.90 Å². The lowest BCUT2D eigenvalue weighted by Gasteiger charge is -2.35. The summed E-state index contributed by atoms with van der Waals surface area (Å²) in [4.78, 5) is 14.4. The third kappa shape index (κ3) is 3.82. The molecule has 1 aromatic heterocycles. The van der Waals surface area contributed by atoms with Gasteiger partial charge in [-0.3, -0.25) is 5.10 Å². The molecule has 9 heteroatoms. The molecular weight excluding hydrogens is 342 g/mol. The van der Waals surface area contributed by atoms with Crippen LogP contribution in [0.15, 0.2) is 4.90 Å². The van der Waals surface area contributed by atoms with Crippen molar-refractivity contribution in [2.24, 2.45) is 0 Å². The molecule has 8 nitrogen and oxygen atoms in total. The van der Waals surface area contributed by atoms with Gasteiger partial charge < -0.3 is 10.2 Å². The summed E-state index contributed by atoms with van der Waals surface area (Å²) >= 11 is 0. The first-order chi connectivity index (χ1) is 11.9. The summed E-state index contributed by atoms with van der Waals surface area (Å²) in [6.45, 7) is 4.83. The first-order valence-corrected chi connectivity index (χ1v) is 10.4. The standard InChI is InChI=1S/C16H27N5O3S/c1-12-15(13(2)19-18-12)25(23,24)21-10-8-20(9-11-21)16(22)17-14-6-4-3-5-7-14/h14H,3-11H2,1-2H3,(H,17,22)(H,18,19). The lowest BCUT2D eigenvalue weighted by Crippen LogP contribution is -2.54. The number of sulfonamides is 1. The molecule has 3 rings (SSSR count). The van der Waals surface area contributed by atoms with Crippen LogP contribution in [-0.4, -0.2) is 66.1 Å². The van der Waals surface area contributed by atoms with Crippen molar-refractivity contribution in [3.05, 3.63) is 11.4 Å². The Morgan fingerprint density at radius 2 is 1.76 bits per heavy atom. The van der Waals surface area contributed by atoms with Crippen LogP contribution in [0, 0.1) is 13.8 Å². The zero-order valence-corrected chi connectivity index (χ0v) is 15.7. The highest BCUT2D eigenvalue weighted by atomic mass is 32.2. The van der Waals surface area contributed by atoms with Crippen molar-refractivity contribution in [3.8, 4) is 0 Å². The molecule has 0 bridgehead atoms. The van der Waals surface area contributed by atoms with E-state index >= 15 is 0 Å². The largest absolute Gasteiger partial charge is 0.335 e. The van der Waals surface area contributed by atoms with Crippen molar-refractivity contribution in [1.82, 2.24) is 24.7 Å². The van der Waals surface area contributed by atoms with E-state index in [1.807, 2.05) is 0 Å². The molecule has 0 spiro atoms. The quantitative estimate of drug-likeness (QED) is 0.841. The number of hydrogen-bond acceptors (Lipinski definition) is 4. The number of piperazine rings is 1. The van der Waals surface area contributed by atoms with Gasteiger partial charge in [-0.1, -0.05) is 19.3 Å². The number of amides is 2. The predicted molar refractivity (Wildman–Crippen MR) is 93.8 cm³/mol. The monoisotopic (exact) mass is 369 g/mol. The second kappa shape index (κ2) is 7.33. The molecule has 140 valence electrons. The molecule has 0 unspecified atom stereocenters. The topological polar surface area (TPSA) is 98.4 Å². The van der Waals surface area contributed by atoms with E-state index in [0.717, 1.165) is 12.8 Å². The summed E-state index contributed by atoms with van der Waals surface area (Å²) in [5, 5.41) is 9.80. The number of carbonyl (C=O) groups is 1. The van der Waals surface area contributed by atoms with Crippen LogP contribution in [0.3, 0.4) is 0 Å². The number of aromatic amines is 1. The van der Waals surface area contributed by atoms with Crippen molar-refractivity contribution >= 4 is 16.1 Å². The highest BCUT2D eigenvalue weighted by Crippen LogP contribution is 2.23. The predicted octanol–water partition coefficient (Wildman–Crippen LogP) is 1.38. The summed E-state index contributed by atoms with van der Waals surface area (Å²) in [5.41, 5.74) is 1.03. The van der Waals surface area contributed by atoms with Gasteiger partial charge in [-0.2, -0.15) is 9.40 Å². The van der Waals surface area contributed by atoms with Crippen molar-refractivity contribution in [1.29, 1.82) is 0 Å². The molecule has 1 saturated heterocycles. The van der Waals surface area contributed by atoms with E-state index in [9.17, 15) is 13.2 Å². The van der Waals surface area contributed by atoms with E-state index in [1.54, 1.807) is 18.7 Å². The Morgan fingerprint density at radius 3 is 2.32 bits per heavy atom. The third-order valence-electron chi connectivity index (χ3n) is 5.12. The smallest absolute Gasteiger partial charge is 0.317 e. The molecule has 2 aliphatic rings. The molecule has 2 N–H and O–H groups in total. The molecule has 0 aromatic carbocycles. The summed E-state index contributed by atoms with van der Waals surface area (Å²) in [6.07, 6.45) is 5.66. The van der Waals surface area contributed by atoms with Gasteiger partial charge in [-0.05, 0) is 26.7 Å². The molecule has 2 heterocycles. The van der Waals surface area contributed by atoms with Crippen LogP contribution < -0.4 is 5.32 Å². The van der Waals surface area contributed by atoms with Gasteiger partial charge in [0.05, 0.1) is 11.4 Å². The number of nitrogens with one attached hydrogen (secondary N) is 2. The van der Waals surface area contributed by atoms with Crippen LogP contribution in [0.1, 0.15) is 43.5 Å². The van der Waals surface area contributed by atoms with Gasteiger partial charge >= 0.3 is 6.03 Å². The Hall–Kier alpha value is -1.61. The molecule has 1 aliphatic carbocycles. The van der Waals surface area contributed by atoms with E-state index in [-0.39, 0.29) is 17.0 Å². The van der Waals surface area contributed by atoms with Crippen molar-refractivity contribution in [2.75, 3.05) is 26.2 Å². The first kappa shape index (κ1) is 18.2. The zero-order valence-electron chi connectivity index (χ0n) is 14.9. The molecule has 2 fully saturated rings. The second-order valence-electron chi connectivity index (χ2n) is 6.94. The van der Waals surface area contributed by atoms with E-state index in [0.29, 0.717) is 37.6 Å². The maximum atomic E-state index is 12.8. The summed E-state index contributed by atoms with van der Waals surface area (Å²) in [7, 11) is -3.58. The first-order valence-electron chi connectivity index (χ1n) is 8.97. The number of carbonyl (C=O) groups excluding carboxylic acids is 1. The van der Waals surface area contributed by atoms with E-state index in [2.05, 4.69) is 15.5 Å². The Labute approximate surface area is 149 Å². The van der Waals surface area contributed by atoms with Crippen molar-refractivity contribution < 1.29 is 13.2 Å². The van der Waals surface area contributed by atoms with Crippen molar-refractivity contribution in [3.63, 3.8) is 0 Å². The lowest BCUT2D eigenvalue weighted by molar-refractivity contribution is 0.166. The fraction of sp³-hybridized carbons (Fsp3) is 0.750. The number of urea groups is 1. The molecule has 0 radical (unpaired) electrons.